The van der Waals surface area contributed by atoms with Crippen molar-refractivity contribution in [2.24, 2.45) is 0 Å². The van der Waals surface area contributed by atoms with E-state index in [9.17, 15) is 14.7 Å². The molecular formula is C22H24N2O4. The van der Waals surface area contributed by atoms with Crippen LogP contribution in [0.25, 0.3) is 10.9 Å². The zero-order valence-corrected chi connectivity index (χ0v) is 16.1. The van der Waals surface area contributed by atoms with Crippen LogP contribution in [0, 0.1) is 0 Å². The van der Waals surface area contributed by atoms with E-state index in [4.69, 9.17) is 4.74 Å². The van der Waals surface area contributed by atoms with Crippen molar-refractivity contribution in [2.75, 3.05) is 7.11 Å². The van der Waals surface area contributed by atoms with Crippen molar-refractivity contribution in [3.05, 3.63) is 70.0 Å². The average Bonchev–Trinajstić information content (AvgIpc) is 2.72. The van der Waals surface area contributed by atoms with E-state index >= 15 is 0 Å². The molecule has 3 rings (SSSR count). The number of fused-ring (bicyclic) bond motifs is 1. The van der Waals surface area contributed by atoms with Gasteiger partial charge in [0.05, 0.1) is 12.6 Å². The number of amides is 1. The zero-order valence-electron chi connectivity index (χ0n) is 16.1. The van der Waals surface area contributed by atoms with E-state index in [-0.39, 0.29) is 17.9 Å². The second-order valence-electron chi connectivity index (χ2n) is 6.58. The molecule has 3 aromatic rings. The number of aromatic hydroxyl groups is 1. The summed E-state index contributed by atoms with van der Waals surface area (Å²) < 4.78 is 6.69. The lowest BCUT2D eigenvalue weighted by molar-refractivity contribution is 0.0946. The fourth-order valence-electron chi connectivity index (χ4n) is 3.15. The summed E-state index contributed by atoms with van der Waals surface area (Å²) in [6.07, 6.45) is 1.72. The van der Waals surface area contributed by atoms with E-state index in [1.165, 1.54) is 0 Å². The van der Waals surface area contributed by atoms with Gasteiger partial charge in [0.2, 0.25) is 0 Å². The molecule has 6 nitrogen and oxygen atoms in total. The summed E-state index contributed by atoms with van der Waals surface area (Å²) >= 11 is 0. The van der Waals surface area contributed by atoms with Gasteiger partial charge < -0.3 is 19.7 Å². The van der Waals surface area contributed by atoms with Crippen LogP contribution in [0.15, 0.2) is 53.3 Å². The lowest BCUT2D eigenvalue weighted by atomic mass is 10.1. The highest BCUT2D eigenvalue weighted by Gasteiger charge is 2.21. The number of carbonyl (C=O) groups excluding carboxylic acids is 1. The molecular weight excluding hydrogens is 356 g/mol. The lowest BCUT2D eigenvalue weighted by Crippen LogP contribution is -2.33. The summed E-state index contributed by atoms with van der Waals surface area (Å²) in [6.45, 7) is 2.77. The monoisotopic (exact) mass is 380 g/mol. The minimum absolute atomic E-state index is 0.219. The molecule has 1 heterocycles. The molecule has 0 spiro atoms. The lowest BCUT2D eigenvalue weighted by Gasteiger charge is -2.15. The average molecular weight is 380 g/mol. The van der Waals surface area contributed by atoms with Crippen LogP contribution in [-0.2, 0) is 13.1 Å². The maximum atomic E-state index is 13.0. The van der Waals surface area contributed by atoms with Crippen LogP contribution in [0.4, 0.5) is 0 Å². The minimum atomic E-state index is -0.589. The fraction of sp³-hybridized carbons (Fsp3) is 0.273. The molecule has 0 unspecified atom stereocenters. The molecule has 1 amide bonds. The Bertz CT molecular complexity index is 1040. The number of carbonyl (C=O) groups is 1. The summed E-state index contributed by atoms with van der Waals surface area (Å²) in [6, 6.07) is 14.3. The van der Waals surface area contributed by atoms with Gasteiger partial charge in [0.1, 0.15) is 17.1 Å². The van der Waals surface area contributed by atoms with Gasteiger partial charge >= 0.3 is 0 Å². The third-order valence-electron chi connectivity index (χ3n) is 4.72. The maximum absolute atomic E-state index is 13.0. The second kappa shape index (κ2) is 8.61. The minimum Gasteiger partial charge on any atom is -0.506 e. The highest BCUT2D eigenvalue weighted by molar-refractivity contribution is 6.02. The number of hydrogen-bond donors (Lipinski definition) is 2. The SMILES string of the molecule is CCCCn1c(=O)c(C(=O)NCc2ccc(OC)cc2)c(O)c2ccccc21. The molecule has 146 valence electrons. The van der Waals surface area contributed by atoms with Gasteiger partial charge in [-0.15, -0.1) is 0 Å². The van der Waals surface area contributed by atoms with E-state index in [1.54, 1.807) is 42.0 Å². The Hall–Kier alpha value is -3.28. The first-order valence-corrected chi connectivity index (χ1v) is 9.32. The Morgan fingerprint density at radius 3 is 2.54 bits per heavy atom. The molecule has 0 saturated carbocycles. The number of nitrogens with zero attached hydrogens (tertiary/aromatic N) is 1. The summed E-state index contributed by atoms with van der Waals surface area (Å²) in [4.78, 5) is 25.7. The van der Waals surface area contributed by atoms with Gasteiger partial charge in [-0.1, -0.05) is 37.6 Å². The Balaban J connectivity index is 1.94. The summed E-state index contributed by atoms with van der Waals surface area (Å²) in [7, 11) is 1.59. The molecule has 0 radical (unpaired) electrons. The molecule has 28 heavy (non-hydrogen) atoms. The Morgan fingerprint density at radius 1 is 1.14 bits per heavy atom. The van der Waals surface area contributed by atoms with Crippen molar-refractivity contribution in [2.45, 2.75) is 32.9 Å². The Labute approximate surface area is 163 Å². The van der Waals surface area contributed by atoms with Crippen LogP contribution in [0.3, 0.4) is 0 Å². The number of ether oxygens (including phenoxy) is 1. The fourth-order valence-corrected chi connectivity index (χ4v) is 3.15. The van der Waals surface area contributed by atoms with Crippen molar-refractivity contribution >= 4 is 16.8 Å². The van der Waals surface area contributed by atoms with Crippen molar-refractivity contribution in [3.8, 4) is 11.5 Å². The van der Waals surface area contributed by atoms with Gasteiger partial charge in [0.25, 0.3) is 11.5 Å². The number of hydrogen-bond acceptors (Lipinski definition) is 4. The number of nitrogens with one attached hydrogen (secondary N) is 1. The van der Waals surface area contributed by atoms with Gasteiger partial charge in [-0.05, 0) is 36.2 Å². The quantitative estimate of drug-likeness (QED) is 0.658. The largest absolute Gasteiger partial charge is 0.506 e. The topological polar surface area (TPSA) is 80.6 Å². The number of unbranched alkanes of at least 4 members (excludes halogenated alkanes) is 1. The number of aryl methyl sites for hydroxylation is 1. The van der Waals surface area contributed by atoms with Crippen molar-refractivity contribution in [1.82, 2.24) is 9.88 Å². The first kappa shape index (κ1) is 19.5. The van der Waals surface area contributed by atoms with E-state index in [0.717, 1.165) is 24.2 Å². The van der Waals surface area contributed by atoms with Crippen molar-refractivity contribution in [3.63, 3.8) is 0 Å². The third-order valence-corrected chi connectivity index (χ3v) is 4.72. The Morgan fingerprint density at radius 2 is 1.86 bits per heavy atom. The van der Waals surface area contributed by atoms with Crippen molar-refractivity contribution in [1.29, 1.82) is 0 Å². The summed E-state index contributed by atoms with van der Waals surface area (Å²) in [5.41, 5.74) is 0.797. The molecule has 0 aliphatic heterocycles. The third kappa shape index (κ3) is 3.86. The number of aromatic nitrogens is 1. The van der Waals surface area contributed by atoms with Crippen LogP contribution in [0.2, 0.25) is 0 Å². The van der Waals surface area contributed by atoms with E-state index in [1.807, 2.05) is 25.1 Å². The molecule has 2 aromatic carbocycles. The number of benzene rings is 2. The molecule has 0 bridgehead atoms. The molecule has 2 N–H and O–H groups in total. The maximum Gasteiger partial charge on any atom is 0.267 e. The van der Waals surface area contributed by atoms with E-state index in [0.29, 0.717) is 17.4 Å². The molecule has 6 heteroatoms. The van der Waals surface area contributed by atoms with Gasteiger partial charge in [0, 0.05) is 18.5 Å². The molecule has 0 aliphatic carbocycles. The van der Waals surface area contributed by atoms with E-state index < -0.39 is 11.5 Å². The standard InChI is InChI=1S/C22H24N2O4/c1-3-4-13-24-18-8-6-5-7-17(18)20(25)19(22(24)27)21(26)23-14-15-9-11-16(28-2)12-10-15/h5-12,25H,3-4,13-14H2,1-2H3,(H,23,26). The normalized spacial score (nSPS) is 10.8. The van der Waals surface area contributed by atoms with Crippen LogP contribution >= 0.6 is 0 Å². The first-order chi connectivity index (χ1) is 13.6. The molecule has 0 atom stereocenters. The molecule has 0 aliphatic rings. The van der Waals surface area contributed by atoms with Crippen LogP contribution in [-0.4, -0.2) is 22.7 Å². The van der Waals surface area contributed by atoms with Crippen LogP contribution in [0.5, 0.6) is 11.5 Å². The molecule has 0 fully saturated rings. The number of methoxy groups -OCH3 is 1. The predicted octanol–water partition coefficient (Wildman–Crippen LogP) is 3.45. The van der Waals surface area contributed by atoms with Gasteiger partial charge in [-0.25, -0.2) is 0 Å². The van der Waals surface area contributed by atoms with Crippen molar-refractivity contribution < 1.29 is 14.6 Å². The highest BCUT2D eigenvalue weighted by atomic mass is 16.5. The van der Waals surface area contributed by atoms with Crippen LogP contribution in [0.1, 0.15) is 35.7 Å². The molecule has 1 aromatic heterocycles. The number of rotatable bonds is 7. The van der Waals surface area contributed by atoms with Gasteiger partial charge in [0.15, 0.2) is 0 Å². The molecule has 0 saturated heterocycles. The highest BCUT2D eigenvalue weighted by Crippen LogP contribution is 2.26. The van der Waals surface area contributed by atoms with Gasteiger partial charge in [-0.3, -0.25) is 9.59 Å². The Kier molecular flexibility index (Phi) is 5.99. The zero-order chi connectivity index (χ0) is 20.1. The first-order valence-electron chi connectivity index (χ1n) is 9.32. The van der Waals surface area contributed by atoms with Crippen LogP contribution < -0.4 is 15.6 Å². The smallest absolute Gasteiger partial charge is 0.267 e. The van der Waals surface area contributed by atoms with Gasteiger partial charge in [-0.2, -0.15) is 0 Å². The number of pyridine rings is 1. The van der Waals surface area contributed by atoms with E-state index in [2.05, 4.69) is 5.32 Å². The predicted molar refractivity (Wildman–Crippen MR) is 109 cm³/mol. The summed E-state index contributed by atoms with van der Waals surface area (Å²) in [5.74, 6) is -0.143. The second-order valence-corrected chi connectivity index (χ2v) is 6.58. The number of para-hydroxylation sites is 1. The summed E-state index contributed by atoms with van der Waals surface area (Å²) in [5, 5.41) is 13.8.